The molecule has 15 heteroatoms. The van der Waals surface area contributed by atoms with Crippen LogP contribution in [0, 0.1) is 0 Å². The molecule has 0 radical (unpaired) electrons. The topological polar surface area (TPSA) is 232 Å². The van der Waals surface area contributed by atoms with Crippen molar-refractivity contribution in [1.29, 1.82) is 0 Å². The molecule has 3 rings (SSSR count). The van der Waals surface area contributed by atoms with Crippen LogP contribution >= 0.6 is 11.8 Å². The van der Waals surface area contributed by atoms with Crippen molar-refractivity contribution in [1.82, 2.24) is 30.9 Å². The fourth-order valence-electron chi connectivity index (χ4n) is 4.31. The highest BCUT2D eigenvalue weighted by Crippen LogP contribution is 2.19. The summed E-state index contributed by atoms with van der Waals surface area (Å²) in [6, 6.07) is 2.53. The van der Waals surface area contributed by atoms with Gasteiger partial charge in [-0.1, -0.05) is 18.2 Å². The third kappa shape index (κ3) is 9.34. The SMILES string of the molecule is CSCCC(NC(=O)C(Cc1c[nH]c2ccccc12)NC(=O)C(CCC(=O)O)NC(=O)C(N)Cc1cnc[nH]1)C(=O)O. The highest BCUT2D eigenvalue weighted by Gasteiger charge is 2.31. The fourth-order valence-corrected chi connectivity index (χ4v) is 4.78. The Labute approximate surface area is 245 Å². The summed E-state index contributed by atoms with van der Waals surface area (Å²) >= 11 is 1.43. The zero-order valence-electron chi connectivity index (χ0n) is 23.0. The molecule has 0 aliphatic rings. The molecule has 0 bridgehead atoms. The van der Waals surface area contributed by atoms with E-state index in [9.17, 15) is 34.2 Å². The lowest BCUT2D eigenvalue weighted by Crippen LogP contribution is -2.57. The maximum Gasteiger partial charge on any atom is 0.326 e. The summed E-state index contributed by atoms with van der Waals surface area (Å²) in [7, 11) is 0. The Kier molecular flexibility index (Phi) is 11.9. The number of aromatic nitrogens is 3. The van der Waals surface area contributed by atoms with E-state index in [0.29, 0.717) is 17.0 Å². The van der Waals surface area contributed by atoms with E-state index in [1.54, 1.807) is 6.20 Å². The van der Waals surface area contributed by atoms with Crippen molar-refractivity contribution in [2.24, 2.45) is 5.73 Å². The summed E-state index contributed by atoms with van der Waals surface area (Å²) in [5, 5.41) is 27.3. The van der Waals surface area contributed by atoms with Gasteiger partial charge in [-0.3, -0.25) is 19.2 Å². The summed E-state index contributed by atoms with van der Waals surface area (Å²) in [6.07, 6.45) is 5.98. The first kappa shape index (κ1) is 32.1. The molecule has 0 saturated carbocycles. The number of fused-ring (bicyclic) bond motifs is 1. The number of para-hydroxylation sites is 1. The van der Waals surface area contributed by atoms with Crippen molar-refractivity contribution < 1.29 is 34.2 Å². The first-order valence-electron chi connectivity index (χ1n) is 13.2. The van der Waals surface area contributed by atoms with Crippen molar-refractivity contribution in [3.63, 3.8) is 0 Å². The Balaban J connectivity index is 1.82. The minimum atomic E-state index is -1.33. The fraction of sp³-hybridized carbons (Fsp3) is 0.407. The highest BCUT2D eigenvalue weighted by molar-refractivity contribution is 7.98. The summed E-state index contributed by atoms with van der Waals surface area (Å²) < 4.78 is 0. The second kappa shape index (κ2) is 15.6. The number of nitrogens with two attached hydrogens (primary N) is 1. The molecule has 0 aliphatic heterocycles. The third-order valence-electron chi connectivity index (χ3n) is 6.57. The van der Waals surface area contributed by atoms with Gasteiger partial charge in [0.25, 0.3) is 0 Å². The number of nitrogens with one attached hydrogen (secondary N) is 5. The van der Waals surface area contributed by atoms with Gasteiger partial charge >= 0.3 is 11.9 Å². The minimum Gasteiger partial charge on any atom is -0.481 e. The lowest BCUT2D eigenvalue weighted by atomic mass is 10.0. The zero-order valence-corrected chi connectivity index (χ0v) is 23.8. The molecule has 4 unspecified atom stereocenters. The number of benzene rings is 1. The smallest absolute Gasteiger partial charge is 0.326 e. The van der Waals surface area contributed by atoms with Crippen molar-refractivity contribution >= 4 is 52.3 Å². The van der Waals surface area contributed by atoms with Crippen molar-refractivity contribution in [2.75, 3.05) is 12.0 Å². The number of carbonyl (C=O) groups is 5. The van der Waals surface area contributed by atoms with Gasteiger partial charge in [-0.2, -0.15) is 11.8 Å². The molecule has 0 saturated heterocycles. The number of hydrogen-bond acceptors (Lipinski definition) is 8. The predicted molar refractivity (Wildman–Crippen MR) is 156 cm³/mol. The van der Waals surface area contributed by atoms with Crippen LogP contribution in [-0.2, 0) is 36.8 Å². The quantitative estimate of drug-likeness (QED) is 0.104. The maximum atomic E-state index is 13.4. The molecule has 2 aromatic heterocycles. The van der Waals surface area contributed by atoms with Crippen LogP contribution in [0.1, 0.15) is 30.5 Å². The van der Waals surface area contributed by atoms with Crippen LogP contribution in [0.15, 0.2) is 43.0 Å². The van der Waals surface area contributed by atoms with E-state index in [1.807, 2.05) is 30.5 Å². The Hall–Kier alpha value is -4.37. The number of aliphatic carboxylic acids is 2. The number of amides is 3. The van der Waals surface area contributed by atoms with E-state index >= 15 is 0 Å². The molecule has 0 spiro atoms. The number of carboxylic acid groups (broad SMARTS) is 2. The minimum absolute atomic E-state index is 0.00457. The van der Waals surface area contributed by atoms with Crippen LogP contribution in [0.4, 0.5) is 0 Å². The van der Waals surface area contributed by atoms with Crippen LogP contribution in [0.2, 0.25) is 0 Å². The zero-order chi connectivity index (χ0) is 30.6. The number of hydrogen-bond donors (Lipinski definition) is 8. The summed E-state index contributed by atoms with van der Waals surface area (Å²) in [5.41, 5.74) is 8.08. The molecule has 1 aromatic carbocycles. The van der Waals surface area contributed by atoms with E-state index in [-0.39, 0.29) is 25.7 Å². The van der Waals surface area contributed by atoms with Gasteiger partial charge in [-0.15, -0.1) is 0 Å². The molecule has 0 fully saturated rings. The number of H-pyrrole nitrogens is 2. The number of carboxylic acids is 2. The summed E-state index contributed by atoms with van der Waals surface area (Å²) in [4.78, 5) is 72.6. The first-order valence-corrected chi connectivity index (χ1v) is 14.6. The van der Waals surface area contributed by atoms with E-state index in [2.05, 4.69) is 30.9 Å². The van der Waals surface area contributed by atoms with Gasteiger partial charge in [-0.05, 0) is 36.5 Å². The Morgan fingerprint density at radius 2 is 1.62 bits per heavy atom. The van der Waals surface area contributed by atoms with Gasteiger partial charge in [0.1, 0.15) is 18.1 Å². The number of carbonyl (C=O) groups excluding carboxylic acids is 3. The van der Waals surface area contributed by atoms with Crippen molar-refractivity contribution in [3.8, 4) is 0 Å². The number of aromatic amines is 2. The first-order chi connectivity index (χ1) is 20.1. The molecule has 4 atom stereocenters. The molecule has 3 aromatic rings. The van der Waals surface area contributed by atoms with E-state index in [0.717, 1.165) is 10.9 Å². The maximum absolute atomic E-state index is 13.4. The molecule has 9 N–H and O–H groups in total. The van der Waals surface area contributed by atoms with Gasteiger partial charge < -0.3 is 41.9 Å². The Morgan fingerprint density at radius 1 is 0.929 bits per heavy atom. The predicted octanol–water partition coefficient (Wildman–Crippen LogP) is 0.160. The Bertz CT molecular complexity index is 1380. The number of nitrogens with zero attached hydrogens (tertiary/aromatic N) is 1. The lowest BCUT2D eigenvalue weighted by molar-refractivity contribution is -0.142. The van der Waals surface area contributed by atoms with Crippen molar-refractivity contribution in [3.05, 3.63) is 54.2 Å². The Morgan fingerprint density at radius 3 is 2.29 bits per heavy atom. The number of thioether (sulfide) groups is 1. The standard InChI is InChI=1S/C27H35N7O7S/c1-42-9-8-21(27(40)41)33-26(39)22(10-15-12-30-19-5-3-2-4-17(15)19)34-25(38)20(6-7-23(35)36)32-24(37)18(28)11-16-13-29-14-31-16/h2-5,12-14,18,20-22,30H,6-11,28H2,1H3,(H,29,31)(H,32,37)(H,33,39)(H,34,38)(H,35,36)(H,40,41). The molecular formula is C27H35N7O7S. The summed E-state index contributed by atoms with van der Waals surface area (Å²) in [6.45, 7) is 0. The number of rotatable bonds is 17. The number of imidazole rings is 1. The van der Waals surface area contributed by atoms with Gasteiger partial charge in [-0.25, -0.2) is 9.78 Å². The van der Waals surface area contributed by atoms with Gasteiger partial charge in [0.2, 0.25) is 17.7 Å². The average molecular weight is 602 g/mol. The second-order valence-electron chi connectivity index (χ2n) is 9.69. The molecule has 42 heavy (non-hydrogen) atoms. The summed E-state index contributed by atoms with van der Waals surface area (Å²) in [5.74, 6) is -4.16. The van der Waals surface area contributed by atoms with Crippen LogP contribution in [-0.4, -0.2) is 91.0 Å². The largest absolute Gasteiger partial charge is 0.481 e. The van der Waals surface area contributed by atoms with Gasteiger partial charge in [0.05, 0.1) is 12.4 Å². The van der Waals surface area contributed by atoms with Crippen LogP contribution in [0.5, 0.6) is 0 Å². The van der Waals surface area contributed by atoms with E-state index in [1.165, 1.54) is 24.3 Å². The molecule has 14 nitrogen and oxygen atoms in total. The second-order valence-corrected chi connectivity index (χ2v) is 10.7. The molecule has 0 aliphatic carbocycles. The molecule has 226 valence electrons. The van der Waals surface area contributed by atoms with Crippen LogP contribution in [0.3, 0.4) is 0 Å². The normalized spacial score (nSPS) is 14.0. The van der Waals surface area contributed by atoms with Crippen LogP contribution in [0.25, 0.3) is 10.9 Å². The van der Waals surface area contributed by atoms with Gasteiger partial charge in [0, 0.05) is 48.3 Å². The third-order valence-corrected chi connectivity index (χ3v) is 7.21. The van der Waals surface area contributed by atoms with E-state index in [4.69, 9.17) is 5.73 Å². The van der Waals surface area contributed by atoms with E-state index < -0.39 is 60.2 Å². The monoisotopic (exact) mass is 601 g/mol. The molecular weight excluding hydrogens is 566 g/mol. The highest BCUT2D eigenvalue weighted by atomic mass is 32.2. The van der Waals surface area contributed by atoms with Crippen molar-refractivity contribution in [2.45, 2.75) is 56.3 Å². The average Bonchev–Trinajstić information content (AvgIpc) is 3.62. The van der Waals surface area contributed by atoms with Gasteiger partial charge in [0.15, 0.2) is 0 Å². The van der Waals surface area contributed by atoms with Crippen LogP contribution < -0.4 is 21.7 Å². The molecule has 2 heterocycles. The molecule has 3 amide bonds. The lowest BCUT2D eigenvalue weighted by Gasteiger charge is -2.25.